The van der Waals surface area contributed by atoms with Gasteiger partial charge in [0.05, 0.1) is 11.9 Å². The van der Waals surface area contributed by atoms with Gasteiger partial charge < -0.3 is 5.32 Å². The van der Waals surface area contributed by atoms with E-state index in [0.29, 0.717) is 12.1 Å². The van der Waals surface area contributed by atoms with Crippen molar-refractivity contribution in [2.45, 2.75) is 18.4 Å². The lowest BCUT2D eigenvalue weighted by molar-refractivity contribution is 0.482. The molecule has 114 valence electrons. The molecule has 0 amide bonds. The van der Waals surface area contributed by atoms with Crippen LogP contribution >= 0.6 is 0 Å². The fraction of sp³-hybridized carbons (Fsp3) is 0.250. The Morgan fingerprint density at radius 3 is 2.71 bits per heavy atom. The van der Waals surface area contributed by atoms with Crippen LogP contribution < -0.4 is 10.0 Å². The van der Waals surface area contributed by atoms with Gasteiger partial charge in [0, 0.05) is 12.7 Å². The predicted molar refractivity (Wildman–Crippen MR) is 73.1 cm³/mol. The second kappa shape index (κ2) is 6.19. The number of hydrogen-bond acceptors (Lipinski definition) is 4. The molecule has 0 radical (unpaired) electrons. The van der Waals surface area contributed by atoms with Crippen molar-refractivity contribution in [3.8, 4) is 0 Å². The van der Waals surface area contributed by atoms with E-state index in [1.165, 1.54) is 12.4 Å². The van der Waals surface area contributed by atoms with Crippen molar-refractivity contribution < 1.29 is 17.2 Å². The van der Waals surface area contributed by atoms with E-state index in [2.05, 4.69) is 20.2 Å². The molecule has 1 aromatic carbocycles. The molecule has 21 heavy (non-hydrogen) atoms. The molecule has 0 unspecified atom stereocenters. The maximum atomic E-state index is 13.8. The summed E-state index contributed by atoms with van der Waals surface area (Å²) in [5, 5.41) is 8.90. The van der Waals surface area contributed by atoms with Crippen LogP contribution in [0.2, 0.25) is 0 Å². The fourth-order valence-corrected chi connectivity index (χ4v) is 2.87. The highest BCUT2D eigenvalue weighted by atomic mass is 32.2. The van der Waals surface area contributed by atoms with Crippen molar-refractivity contribution in [1.82, 2.24) is 15.5 Å². The third-order valence-corrected chi connectivity index (χ3v) is 4.05. The first-order chi connectivity index (χ1) is 9.94. The minimum Gasteiger partial charge on any atom is -0.313 e. The summed E-state index contributed by atoms with van der Waals surface area (Å²) >= 11 is 0. The molecule has 1 heterocycles. The molecule has 0 fully saturated rings. The molecule has 0 atom stereocenters. The van der Waals surface area contributed by atoms with Gasteiger partial charge >= 0.3 is 0 Å². The first kappa shape index (κ1) is 15.4. The molecule has 0 aliphatic heterocycles. The van der Waals surface area contributed by atoms with E-state index in [9.17, 15) is 17.2 Å². The van der Waals surface area contributed by atoms with E-state index >= 15 is 0 Å². The van der Waals surface area contributed by atoms with Gasteiger partial charge in [0.15, 0.2) is 11.6 Å². The van der Waals surface area contributed by atoms with Gasteiger partial charge in [0.25, 0.3) is 10.0 Å². The summed E-state index contributed by atoms with van der Waals surface area (Å²) in [6.07, 6.45) is 2.50. The average molecular weight is 316 g/mol. The zero-order valence-electron chi connectivity index (χ0n) is 11.2. The monoisotopic (exact) mass is 316 g/mol. The molecule has 3 N–H and O–H groups in total. The molecule has 6 nitrogen and oxygen atoms in total. The highest BCUT2D eigenvalue weighted by molar-refractivity contribution is 7.92. The van der Waals surface area contributed by atoms with E-state index in [1.54, 1.807) is 0 Å². The number of halogens is 2. The van der Waals surface area contributed by atoms with Crippen LogP contribution in [0, 0.1) is 11.6 Å². The molecule has 0 aliphatic carbocycles. The average Bonchev–Trinajstić information content (AvgIpc) is 2.91. The maximum absolute atomic E-state index is 13.8. The number of aromatic nitrogens is 2. The minimum absolute atomic E-state index is 0.131. The van der Waals surface area contributed by atoms with Crippen LogP contribution in [0.4, 0.5) is 14.5 Å². The standard InChI is InChI=1S/C12H14F2N4O2S/c1-2-15-5-8-3-10(13)12(14)11(4-8)21(19,20)18-9-6-16-17-7-9/h3-4,6-7,15,18H,2,5H2,1H3,(H,16,17). The number of aromatic amines is 1. The molecular weight excluding hydrogens is 302 g/mol. The quantitative estimate of drug-likeness (QED) is 0.755. The SMILES string of the molecule is CCNCc1cc(F)c(F)c(S(=O)(=O)Nc2cn[nH]c2)c1. The summed E-state index contributed by atoms with van der Waals surface area (Å²) in [7, 11) is -4.24. The van der Waals surface area contributed by atoms with Crippen molar-refractivity contribution in [2.75, 3.05) is 11.3 Å². The van der Waals surface area contributed by atoms with Crippen LogP contribution in [0.3, 0.4) is 0 Å². The summed E-state index contributed by atoms with van der Waals surface area (Å²) < 4.78 is 53.7. The molecule has 2 aromatic rings. The Labute approximate surface area is 120 Å². The maximum Gasteiger partial charge on any atom is 0.265 e. The Morgan fingerprint density at radius 2 is 2.10 bits per heavy atom. The van der Waals surface area contributed by atoms with Crippen molar-refractivity contribution >= 4 is 15.7 Å². The molecule has 0 saturated heterocycles. The first-order valence-electron chi connectivity index (χ1n) is 6.14. The number of hydrogen-bond donors (Lipinski definition) is 3. The Morgan fingerprint density at radius 1 is 1.33 bits per heavy atom. The zero-order valence-corrected chi connectivity index (χ0v) is 12.0. The fourth-order valence-electron chi connectivity index (χ4n) is 1.70. The summed E-state index contributed by atoms with van der Waals surface area (Å²) in [4.78, 5) is -0.739. The topological polar surface area (TPSA) is 86.9 Å². The van der Waals surface area contributed by atoms with Crippen molar-refractivity contribution in [3.63, 3.8) is 0 Å². The first-order valence-corrected chi connectivity index (χ1v) is 7.62. The highest BCUT2D eigenvalue weighted by Crippen LogP contribution is 2.22. The van der Waals surface area contributed by atoms with Crippen LogP contribution in [-0.4, -0.2) is 25.2 Å². The molecule has 2 rings (SSSR count). The number of sulfonamides is 1. The second-order valence-corrected chi connectivity index (χ2v) is 5.91. The Balaban J connectivity index is 2.39. The van der Waals surface area contributed by atoms with Gasteiger partial charge in [0.2, 0.25) is 0 Å². The third-order valence-electron chi connectivity index (χ3n) is 2.67. The molecule has 0 aliphatic rings. The van der Waals surface area contributed by atoms with Crippen LogP contribution in [-0.2, 0) is 16.6 Å². The second-order valence-electron chi connectivity index (χ2n) is 4.26. The van der Waals surface area contributed by atoms with E-state index in [-0.39, 0.29) is 12.2 Å². The lowest BCUT2D eigenvalue weighted by atomic mass is 10.2. The molecule has 9 heteroatoms. The number of nitrogens with zero attached hydrogens (tertiary/aromatic N) is 1. The summed E-state index contributed by atoms with van der Waals surface area (Å²) in [6.45, 7) is 2.70. The number of benzene rings is 1. The van der Waals surface area contributed by atoms with E-state index in [4.69, 9.17) is 0 Å². The van der Waals surface area contributed by atoms with Gasteiger partial charge in [-0.1, -0.05) is 6.92 Å². The lowest BCUT2D eigenvalue weighted by Crippen LogP contribution is -2.17. The summed E-state index contributed by atoms with van der Waals surface area (Å²) in [6, 6.07) is 2.07. The Bertz CT molecular complexity index is 717. The Kier molecular flexibility index (Phi) is 4.53. The summed E-state index contributed by atoms with van der Waals surface area (Å²) in [5.41, 5.74) is 0.468. The van der Waals surface area contributed by atoms with Gasteiger partial charge in [0.1, 0.15) is 4.90 Å². The van der Waals surface area contributed by atoms with E-state index < -0.39 is 26.6 Å². The van der Waals surface area contributed by atoms with Gasteiger partial charge in [-0.2, -0.15) is 5.10 Å². The smallest absolute Gasteiger partial charge is 0.265 e. The molecular formula is C12H14F2N4O2S. The molecule has 1 aromatic heterocycles. The van der Waals surface area contributed by atoms with Crippen LogP contribution in [0.5, 0.6) is 0 Å². The minimum atomic E-state index is -4.24. The summed E-state index contributed by atoms with van der Waals surface area (Å²) in [5.74, 6) is -2.62. The third kappa shape index (κ3) is 3.56. The number of H-pyrrole nitrogens is 1. The number of nitrogens with one attached hydrogen (secondary N) is 3. The van der Waals surface area contributed by atoms with E-state index in [1.807, 2.05) is 6.92 Å². The van der Waals surface area contributed by atoms with Crippen molar-refractivity contribution in [3.05, 3.63) is 41.7 Å². The number of anilines is 1. The molecule has 0 bridgehead atoms. The van der Waals surface area contributed by atoms with Gasteiger partial charge in [-0.15, -0.1) is 0 Å². The zero-order chi connectivity index (χ0) is 15.5. The van der Waals surface area contributed by atoms with Crippen LogP contribution in [0.15, 0.2) is 29.4 Å². The van der Waals surface area contributed by atoms with Crippen LogP contribution in [0.25, 0.3) is 0 Å². The molecule has 0 spiro atoms. The van der Waals surface area contributed by atoms with Gasteiger partial charge in [-0.25, -0.2) is 17.2 Å². The lowest BCUT2D eigenvalue weighted by Gasteiger charge is -2.10. The van der Waals surface area contributed by atoms with Gasteiger partial charge in [-0.3, -0.25) is 9.82 Å². The van der Waals surface area contributed by atoms with Gasteiger partial charge in [-0.05, 0) is 24.2 Å². The number of rotatable bonds is 6. The van der Waals surface area contributed by atoms with Crippen molar-refractivity contribution in [2.24, 2.45) is 0 Å². The highest BCUT2D eigenvalue weighted by Gasteiger charge is 2.23. The predicted octanol–water partition coefficient (Wildman–Crippen LogP) is 1.60. The Hall–Kier alpha value is -2.00. The molecule has 0 saturated carbocycles. The van der Waals surface area contributed by atoms with E-state index in [0.717, 1.165) is 12.1 Å². The van der Waals surface area contributed by atoms with Crippen LogP contribution in [0.1, 0.15) is 12.5 Å². The largest absolute Gasteiger partial charge is 0.313 e. The van der Waals surface area contributed by atoms with Crippen molar-refractivity contribution in [1.29, 1.82) is 0 Å². The normalized spacial score (nSPS) is 11.6.